The van der Waals surface area contributed by atoms with Crippen molar-refractivity contribution >= 4 is 35.8 Å². The summed E-state index contributed by atoms with van der Waals surface area (Å²) < 4.78 is 33.1. The number of hydrogen-bond acceptors (Lipinski definition) is 4. The number of nitrogens with zero attached hydrogens (tertiary/aromatic N) is 4. The van der Waals surface area contributed by atoms with E-state index in [-0.39, 0.29) is 36.4 Å². The zero-order valence-electron chi connectivity index (χ0n) is 18.2. The summed E-state index contributed by atoms with van der Waals surface area (Å²) in [6.07, 6.45) is 1.39. The molecule has 0 atom stereocenters. The Kier molecular flexibility index (Phi) is 10.4. The summed E-state index contributed by atoms with van der Waals surface area (Å²) in [6.45, 7) is 6.03. The highest BCUT2D eigenvalue weighted by molar-refractivity contribution is 14.0. The lowest BCUT2D eigenvalue weighted by molar-refractivity contribution is -0.127. The van der Waals surface area contributed by atoms with Gasteiger partial charge in [-0.1, -0.05) is 0 Å². The zero-order chi connectivity index (χ0) is 21.5. The van der Waals surface area contributed by atoms with Crippen LogP contribution in [0.5, 0.6) is 0 Å². The molecule has 1 aromatic carbocycles. The zero-order valence-corrected chi connectivity index (χ0v) is 20.5. The maximum absolute atomic E-state index is 14.1. The highest BCUT2D eigenvalue weighted by Gasteiger charge is 2.23. The number of benzene rings is 1. The third kappa shape index (κ3) is 7.53. The molecule has 1 amide bonds. The number of fused-ring (bicyclic) bond motifs is 1. The minimum atomic E-state index is -0.576. The van der Waals surface area contributed by atoms with Crippen molar-refractivity contribution in [3.05, 3.63) is 34.9 Å². The van der Waals surface area contributed by atoms with E-state index in [2.05, 4.69) is 15.2 Å². The van der Waals surface area contributed by atoms with Gasteiger partial charge in [-0.05, 0) is 36.6 Å². The summed E-state index contributed by atoms with van der Waals surface area (Å²) in [7, 11) is 3.38. The summed E-state index contributed by atoms with van der Waals surface area (Å²) in [6, 6.07) is 2.31. The van der Waals surface area contributed by atoms with Crippen LogP contribution >= 0.6 is 24.0 Å². The number of guanidine groups is 1. The molecule has 1 fully saturated rings. The number of carbonyl (C=O) groups excluding carboxylic acids is 1. The lowest BCUT2D eigenvalue weighted by atomic mass is 9.99. The van der Waals surface area contributed by atoms with Crippen molar-refractivity contribution < 1.29 is 18.3 Å². The number of rotatable bonds is 6. The van der Waals surface area contributed by atoms with Gasteiger partial charge in [-0.3, -0.25) is 9.69 Å². The van der Waals surface area contributed by atoms with Crippen LogP contribution in [-0.4, -0.2) is 93.1 Å². The van der Waals surface area contributed by atoms with Crippen molar-refractivity contribution in [2.45, 2.75) is 19.4 Å². The number of nitrogens with one attached hydrogen (secondary N) is 1. The third-order valence-electron chi connectivity index (χ3n) is 5.45. The van der Waals surface area contributed by atoms with Crippen LogP contribution in [0, 0.1) is 11.6 Å². The molecular weight excluding hydrogens is 519 g/mol. The summed E-state index contributed by atoms with van der Waals surface area (Å²) >= 11 is 0. The molecule has 2 heterocycles. The molecule has 1 aromatic rings. The lowest BCUT2D eigenvalue weighted by Gasteiger charge is -2.32. The van der Waals surface area contributed by atoms with E-state index in [1.54, 1.807) is 14.1 Å². The van der Waals surface area contributed by atoms with Gasteiger partial charge < -0.3 is 19.9 Å². The second-order valence-corrected chi connectivity index (χ2v) is 7.86. The predicted molar refractivity (Wildman–Crippen MR) is 127 cm³/mol. The van der Waals surface area contributed by atoms with Gasteiger partial charge in [0.25, 0.3) is 0 Å². The topological polar surface area (TPSA) is 60.4 Å². The van der Waals surface area contributed by atoms with Crippen molar-refractivity contribution in [1.29, 1.82) is 0 Å². The van der Waals surface area contributed by atoms with Crippen LogP contribution in [0.1, 0.15) is 17.5 Å². The van der Waals surface area contributed by atoms with E-state index in [1.165, 1.54) is 11.0 Å². The van der Waals surface area contributed by atoms with Crippen LogP contribution in [0.2, 0.25) is 0 Å². The van der Waals surface area contributed by atoms with Crippen molar-refractivity contribution in [3.8, 4) is 0 Å². The Morgan fingerprint density at radius 3 is 2.68 bits per heavy atom. The Morgan fingerprint density at radius 2 is 1.97 bits per heavy atom. The van der Waals surface area contributed by atoms with E-state index >= 15 is 0 Å². The summed E-state index contributed by atoms with van der Waals surface area (Å²) in [5.41, 5.74) is 1.18. The van der Waals surface area contributed by atoms with Gasteiger partial charge in [0.05, 0.1) is 13.2 Å². The minimum absolute atomic E-state index is 0. The largest absolute Gasteiger partial charge is 0.379 e. The second-order valence-electron chi connectivity index (χ2n) is 7.86. The van der Waals surface area contributed by atoms with Gasteiger partial charge in [-0.2, -0.15) is 0 Å². The first-order valence-electron chi connectivity index (χ1n) is 10.4. The number of morpholine rings is 1. The standard InChI is InChI=1S/C21H31F2N5O2.HI/c1-26(2)20(29)14-25-21(24-5-3-6-27-8-10-30-11-9-27)28-7-4-18-16(15-28)12-17(22)13-19(18)23;/h12-13H,3-11,14-15H2,1-2H3,(H,24,25);1H. The molecule has 3 rings (SSSR count). The number of halogens is 3. The van der Waals surface area contributed by atoms with Crippen molar-refractivity contribution in [2.24, 2.45) is 4.99 Å². The first-order valence-corrected chi connectivity index (χ1v) is 10.4. The lowest BCUT2D eigenvalue weighted by Crippen LogP contribution is -2.46. The van der Waals surface area contributed by atoms with E-state index in [1.807, 2.05) is 4.90 Å². The smallest absolute Gasteiger partial charge is 0.243 e. The van der Waals surface area contributed by atoms with Crippen molar-refractivity contribution in [3.63, 3.8) is 0 Å². The van der Waals surface area contributed by atoms with E-state index in [0.29, 0.717) is 43.1 Å². The normalized spacial score (nSPS) is 17.0. The average Bonchev–Trinajstić information content (AvgIpc) is 2.73. The van der Waals surface area contributed by atoms with Gasteiger partial charge in [-0.15, -0.1) is 24.0 Å². The van der Waals surface area contributed by atoms with E-state index in [0.717, 1.165) is 45.3 Å². The maximum Gasteiger partial charge on any atom is 0.243 e. The van der Waals surface area contributed by atoms with Gasteiger partial charge >= 0.3 is 0 Å². The van der Waals surface area contributed by atoms with Gasteiger partial charge in [0.15, 0.2) is 5.96 Å². The Balaban J connectivity index is 0.00000341. The molecule has 1 saturated heterocycles. The number of aliphatic imine (C=N–C) groups is 1. The molecule has 0 spiro atoms. The molecule has 0 aromatic heterocycles. The first-order chi connectivity index (χ1) is 14.4. The molecule has 174 valence electrons. The number of ether oxygens (including phenoxy) is 1. The Hall–Kier alpha value is -1.53. The molecule has 7 nitrogen and oxygen atoms in total. The van der Waals surface area contributed by atoms with Crippen LogP contribution in [0.4, 0.5) is 8.78 Å². The molecule has 31 heavy (non-hydrogen) atoms. The summed E-state index contributed by atoms with van der Waals surface area (Å²) in [5.74, 6) is -0.572. The molecule has 2 aliphatic heterocycles. The third-order valence-corrected chi connectivity index (χ3v) is 5.45. The number of carbonyl (C=O) groups is 1. The van der Waals surface area contributed by atoms with Crippen LogP contribution in [0.3, 0.4) is 0 Å². The van der Waals surface area contributed by atoms with Gasteiger partial charge in [0.2, 0.25) is 5.91 Å². The highest BCUT2D eigenvalue weighted by Crippen LogP contribution is 2.23. The van der Waals surface area contributed by atoms with Gasteiger partial charge in [0, 0.05) is 52.9 Å². The fourth-order valence-electron chi connectivity index (χ4n) is 3.67. The summed E-state index contributed by atoms with van der Waals surface area (Å²) in [4.78, 5) is 22.3. The molecule has 0 unspecified atom stereocenters. The Morgan fingerprint density at radius 1 is 1.23 bits per heavy atom. The minimum Gasteiger partial charge on any atom is -0.379 e. The van der Waals surface area contributed by atoms with Crippen molar-refractivity contribution in [2.75, 3.05) is 66.6 Å². The monoisotopic (exact) mass is 551 g/mol. The van der Waals surface area contributed by atoms with Gasteiger partial charge in [-0.25, -0.2) is 13.8 Å². The first kappa shape index (κ1) is 25.7. The van der Waals surface area contributed by atoms with Crippen LogP contribution in [-0.2, 0) is 22.5 Å². The molecule has 10 heteroatoms. The SMILES string of the molecule is CN(C)C(=O)CN=C(NCCCN1CCOCC1)N1CCc2c(F)cc(F)cc2C1.I. The summed E-state index contributed by atoms with van der Waals surface area (Å²) in [5, 5.41) is 3.34. The average molecular weight is 551 g/mol. The molecule has 0 radical (unpaired) electrons. The quantitative estimate of drug-likeness (QED) is 0.253. The molecule has 0 bridgehead atoms. The van der Waals surface area contributed by atoms with Crippen LogP contribution in [0.25, 0.3) is 0 Å². The molecule has 0 saturated carbocycles. The fourth-order valence-corrected chi connectivity index (χ4v) is 3.67. The predicted octanol–water partition coefficient (Wildman–Crippen LogP) is 1.70. The van der Waals surface area contributed by atoms with Crippen molar-refractivity contribution in [1.82, 2.24) is 20.0 Å². The van der Waals surface area contributed by atoms with Gasteiger partial charge in [0.1, 0.15) is 18.2 Å². The van der Waals surface area contributed by atoms with E-state index < -0.39 is 11.6 Å². The maximum atomic E-state index is 14.1. The number of hydrogen-bond donors (Lipinski definition) is 1. The number of amides is 1. The molecular formula is C21H32F2IN5O2. The molecule has 1 N–H and O–H groups in total. The Labute approximate surface area is 199 Å². The molecule has 2 aliphatic rings. The van der Waals surface area contributed by atoms with E-state index in [4.69, 9.17) is 4.74 Å². The number of likely N-dealkylation sites (N-methyl/N-ethyl adjacent to an activating group) is 1. The Bertz CT molecular complexity index is 772. The van der Waals surface area contributed by atoms with E-state index in [9.17, 15) is 13.6 Å². The van der Waals surface area contributed by atoms with Crippen LogP contribution in [0.15, 0.2) is 17.1 Å². The molecule has 0 aliphatic carbocycles. The second kappa shape index (κ2) is 12.5. The highest BCUT2D eigenvalue weighted by atomic mass is 127. The van der Waals surface area contributed by atoms with Crippen LogP contribution < -0.4 is 5.32 Å². The fraction of sp³-hybridized carbons (Fsp3) is 0.619.